The van der Waals surface area contributed by atoms with Crippen molar-refractivity contribution in [1.29, 1.82) is 0 Å². The summed E-state index contributed by atoms with van der Waals surface area (Å²) in [7, 11) is -3.02. The number of aromatic hydroxyl groups is 1. The molecule has 0 radical (unpaired) electrons. The molecule has 138 valence electrons. The summed E-state index contributed by atoms with van der Waals surface area (Å²) in [5, 5.41) is 12.3. The number of rotatable bonds is 4. The molecular weight excluding hydrogens is 342 g/mol. The van der Waals surface area contributed by atoms with Crippen LogP contribution < -0.4 is 15.1 Å². The molecular formula is C17H26N3O4S+. The number of benzene rings is 1. The number of sulfone groups is 1. The molecule has 2 aliphatic rings. The highest BCUT2D eigenvalue weighted by Crippen LogP contribution is 2.22. The van der Waals surface area contributed by atoms with Gasteiger partial charge in [0.15, 0.2) is 16.4 Å². The zero-order chi connectivity index (χ0) is 18.1. The minimum atomic E-state index is -3.02. The number of hydrogen-bond acceptors (Lipinski definition) is 5. The molecule has 0 unspecified atom stereocenters. The van der Waals surface area contributed by atoms with E-state index in [4.69, 9.17) is 0 Å². The van der Waals surface area contributed by atoms with E-state index in [9.17, 15) is 18.3 Å². The first-order chi connectivity index (χ1) is 11.7. The molecule has 2 saturated heterocycles. The molecule has 1 atom stereocenters. The van der Waals surface area contributed by atoms with Crippen LogP contribution in [0, 0.1) is 0 Å². The first kappa shape index (κ1) is 18.0. The van der Waals surface area contributed by atoms with Crippen molar-refractivity contribution in [2.45, 2.75) is 18.9 Å². The van der Waals surface area contributed by atoms with Gasteiger partial charge in [-0.3, -0.25) is 4.79 Å². The number of nitrogens with one attached hydrogen (secondary N) is 2. The van der Waals surface area contributed by atoms with Crippen LogP contribution in [-0.2, 0) is 14.6 Å². The van der Waals surface area contributed by atoms with E-state index in [-0.39, 0.29) is 23.2 Å². The molecule has 8 heteroatoms. The van der Waals surface area contributed by atoms with Crippen LogP contribution in [0.15, 0.2) is 24.3 Å². The van der Waals surface area contributed by atoms with Gasteiger partial charge in [0.1, 0.15) is 5.75 Å². The zero-order valence-corrected chi connectivity index (χ0v) is 15.3. The summed E-state index contributed by atoms with van der Waals surface area (Å²) in [6.07, 6.45) is 0.491. The topological polar surface area (TPSA) is 91.2 Å². The summed E-state index contributed by atoms with van der Waals surface area (Å²) >= 11 is 0. The second-order valence-electron chi connectivity index (χ2n) is 7.38. The Kier molecular flexibility index (Phi) is 4.92. The van der Waals surface area contributed by atoms with Crippen molar-refractivity contribution in [2.24, 2.45) is 0 Å². The van der Waals surface area contributed by atoms with Gasteiger partial charge >= 0.3 is 0 Å². The van der Waals surface area contributed by atoms with Gasteiger partial charge in [0.05, 0.1) is 43.2 Å². The van der Waals surface area contributed by atoms with E-state index in [0.29, 0.717) is 13.0 Å². The van der Waals surface area contributed by atoms with Crippen LogP contribution in [0.2, 0.25) is 0 Å². The van der Waals surface area contributed by atoms with E-state index in [2.05, 4.69) is 10.2 Å². The average Bonchev–Trinajstić information content (AvgIpc) is 2.82. The summed E-state index contributed by atoms with van der Waals surface area (Å²) in [4.78, 5) is 15.8. The van der Waals surface area contributed by atoms with E-state index in [1.54, 1.807) is 12.1 Å². The molecule has 0 aromatic heterocycles. The normalized spacial score (nSPS) is 26.5. The molecule has 0 aliphatic carbocycles. The van der Waals surface area contributed by atoms with Gasteiger partial charge in [0.25, 0.3) is 5.91 Å². The third-order valence-electron chi connectivity index (χ3n) is 5.04. The lowest BCUT2D eigenvalue weighted by Gasteiger charge is -2.34. The maximum Gasteiger partial charge on any atom is 0.275 e. The number of quaternary nitrogens is 1. The molecule has 2 fully saturated rings. The number of piperazine rings is 1. The summed E-state index contributed by atoms with van der Waals surface area (Å²) in [5.74, 6) is 0.372. The van der Waals surface area contributed by atoms with E-state index in [1.807, 2.05) is 19.1 Å². The van der Waals surface area contributed by atoms with Crippen molar-refractivity contribution in [3.63, 3.8) is 0 Å². The maximum absolute atomic E-state index is 12.3. The van der Waals surface area contributed by atoms with Gasteiger partial charge in [0, 0.05) is 5.69 Å². The SMILES string of the molecule is C[C@]1(NC(=O)C[NH+]2CCN(c3ccc(O)cc3)CC2)CCS(=O)(=O)C1. The van der Waals surface area contributed by atoms with Crippen LogP contribution in [-0.4, -0.2) is 69.2 Å². The molecule has 0 saturated carbocycles. The fourth-order valence-electron chi connectivity index (χ4n) is 3.64. The highest BCUT2D eigenvalue weighted by Gasteiger charge is 2.40. The van der Waals surface area contributed by atoms with E-state index in [1.165, 1.54) is 4.90 Å². The van der Waals surface area contributed by atoms with Crippen molar-refractivity contribution < 1.29 is 23.2 Å². The molecule has 0 bridgehead atoms. The largest absolute Gasteiger partial charge is 0.508 e. The van der Waals surface area contributed by atoms with E-state index < -0.39 is 15.4 Å². The highest BCUT2D eigenvalue weighted by molar-refractivity contribution is 7.91. The molecule has 1 aromatic carbocycles. The Morgan fingerprint density at radius 1 is 1.28 bits per heavy atom. The fourth-order valence-corrected chi connectivity index (χ4v) is 5.73. The Bertz CT molecular complexity index is 727. The Morgan fingerprint density at radius 3 is 2.48 bits per heavy atom. The van der Waals surface area contributed by atoms with E-state index in [0.717, 1.165) is 31.9 Å². The van der Waals surface area contributed by atoms with Gasteiger partial charge in [-0.05, 0) is 37.6 Å². The molecule has 2 aliphatic heterocycles. The number of amides is 1. The van der Waals surface area contributed by atoms with Crippen molar-refractivity contribution >= 4 is 21.4 Å². The van der Waals surface area contributed by atoms with Crippen LogP contribution in [0.4, 0.5) is 5.69 Å². The monoisotopic (exact) mass is 368 g/mol. The van der Waals surface area contributed by atoms with Gasteiger partial charge < -0.3 is 20.2 Å². The van der Waals surface area contributed by atoms with Crippen LogP contribution >= 0.6 is 0 Å². The summed E-state index contributed by atoms with van der Waals surface area (Å²) in [5.41, 5.74) is 0.452. The third-order valence-corrected chi connectivity index (χ3v) is 6.94. The van der Waals surface area contributed by atoms with Gasteiger partial charge in [-0.15, -0.1) is 0 Å². The summed E-state index contributed by atoms with van der Waals surface area (Å²) in [6, 6.07) is 7.15. The molecule has 0 spiro atoms. The van der Waals surface area contributed by atoms with Crippen LogP contribution in [0.25, 0.3) is 0 Å². The lowest BCUT2D eigenvalue weighted by atomic mass is 10.0. The van der Waals surface area contributed by atoms with Crippen LogP contribution in [0.1, 0.15) is 13.3 Å². The number of phenols is 1. The minimum absolute atomic E-state index is 0.0374. The Balaban J connectivity index is 1.47. The standard InChI is InChI=1S/C17H25N3O4S/c1-17(6-11-25(23,24)13-17)18-16(22)12-19-7-9-20(10-8-19)14-2-4-15(21)5-3-14/h2-5,21H,6-13H2,1H3,(H,18,22)/p+1/t17-/m0/s1. The summed E-state index contributed by atoms with van der Waals surface area (Å²) in [6.45, 7) is 5.58. The quantitative estimate of drug-likeness (QED) is 0.620. The lowest BCUT2D eigenvalue weighted by molar-refractivity contribution is -0.892. The number of hydrogen-bond donors (Lipinski definition) is 3. The second-order valence-corrected chi connectivity index (χ2v) is 9.57. The zero-order valence-electron chi connectivity index (χ0n) is 14.5. The van der Waals surface area contributed by atoms with Gasteiger partial charge in [-0.25, -0.2) is 8.42 Å². The molecule has 3 N–H and O–H groups in total. The molecule has 2 heterocycles. The third kappa shape index (κ3) is 4.64. The highest BCUT2D eigenvalue weighted by atomic mass is 32.2. The van der Waals surface area contributed by atoms with Gasteiger partial charge in [-0.2, -0.15) is 0 Å². The van der Waals surface area contributed by atoms with Crippen molar-refractivity contribution in [3.8, 4) is 5.75 Å². The molecule has 25 heavy (non-hydrogen) atoms. The number of nitrogens with zero attached hydrogens (tertiary/aromatic N) is 1. The Morgan fingerprint density at radius 2 is 1.92 bits per heavy atom. The summed E-state index contributed by atoms with van der Waals surface area (Å²) < 4.78 is 23.3. The number of carbonyl (C=O) groups excluding carboxylic acids is 1. The number of carbonyl (C=O) groups is 1. The maximum atomic E-state index is 12.3. The molecule has 7 nitrogen and oxygen atoms in total. The predicted molar refractivity (Wildman–Crippen MR) is 95.7 cm³/mol. The van der Waals surface area contributed by atoms with Gasteiger partial charge in [-0.1, -0.05) is 0 Å². The van der Waals surface area contributed by atoms with Crippen LogP contribution in [0.5, 0.6) is 5.75 Å². The first-order valence-electron chi connectivity index (χ1n) is 8.64. The van der Waals surface area contributed by atoms with E-state index >= 15 is 0 Å². The lowest BCUT2D eigenvalue weighted by Crippen LogP contribution is -3.16. The number of phenolic OH excluding ortho intramolecular Hbond substituents is 1. The van der Waals surface area contributed by atoms with Gasteiger partial charge in [0.2, 0.25) is 0 Å². The molecule has 1 amide bonds. The Hall–Kier alpha value is -1.80. The van der Waals surface area contributed by atoms with Crippen LogP contribution in [0.3, 0.4) is 0 Å². The predicted octanol–water partition coefficient (Wildman–Crippen LogP) is -1.21. The first-order valence-corrected chi connectivity index (χ1v) is 10.5. The van der Waals surface area contributed by atoms with Crippen molar-refractivity contribution in [1.82, 2.24) is 5.32 Å². The van der Waals surface area contributed by atoms with Crippen molar-refractivity contribution in [2.75, 3.05) is 49.1 Å². The molecule has 1 aromatic rings. The fraction of sp³-hybridized carbons (Fsp3) is 0.588. The minimum Gasteiger partial charge on any atom is -0.508 e. The smallest absolute Gasteiger partial charge is 0.275 e. The Labute approximate surface area is 148 Å². The average molecular weight is 368 g/mol. The number of anilines is 1. The molecule has 3 rings (SSSR count). The van der Waals surface area contributed by atoms with Crippen molar-refractivity contribution in [3.05, 3.63) is 24.3 Å². The second kappa shape index (κ2) is 6.84.